The summed E-state index contributed by atoms with van der Waals surface area (Å²) in [6.45, 7) is 8.24. The number of aliphatic imine (C=N–C) groups is 1. The van der Waals surface area contributed by atoms with Gasteiger partial charge in [0.05, 0.1) is 24.1 Å². The molecule has 0 amide bonds. The van der Waals surface area contributed by atoms with E-state index in [-0.39, 0.29) is 24.0 Å². The summed E-state index contributed by atoms with van der Waals surface area (Å²) >= 11 is 0. The van der Waals surface area contributed by atoms with Crippen molar-refractivity contribution in [2.45, 2.75) is 33.9 Å². The second kappa shape index (κ2) is 10.3. The fourth-order valence-corrected chi connectivity index (χ4v) is 2.92. The van der Waals surface area contributed by atoms with Crippen LogP contribution in [0.25, 0.3) is 5.69 Å². The summed E-state index contributed by atoms with van der Waals surface area (Å²) in [5.74, 6) is 0.785. The van der Waals surface area contributed by atoms with Crippen molar-refractivity contribution in [1.82, 2.24) is 30.2 Å². The Morgan fingerprint density at radius 3 is 2.54 bits per heavy atom. The molecular formula is C20H28IN7. The minimum absolute atomic E-state index is 0. The van der Waals surface area contributed by atoms with Crippen LogP contribution in [0.2, 0.25) is 0 Å². The average Bonchev–Trinajstić information content (AvgIpc) is 3.24. The van der Waals surface area contributed by atoms with Gasteiger partial charge in [0.15, 0.2) is 5.96 Å². The molecule has 0 saturated heterocycles. The number of guanidine groups is 1. The van der Waals surface area contributed by atoms with Crippen LogP contribution in [0.5, 0.6) is 0 Å². The van der Waals surface area contributed by atoms with Crippen LogP contribution in [0.4, 0.5) is 0 Å². The van der Waals surface area contributed by atoms with Gasteiger partial charge in [0, 0.05) is 43.2 Å². The second-order valence-corrected chi connectivity index (χ2v) is 6.45. The van der Waals surface area contributed by atoms with Crippen LogP contribution in [0.1, 0.15) is 29.4 Å². The molecule has 3 rings (SSSR count). The molecule has 0 spiro atoms. The lowest BCUT2D eigenvalue weighted by Crippen LogP contribution is -2.37. The lowest BCUT2D eigenvalue weighted by Gasteiger charge is -2.11. The van der Waals surface area contributed by atoms with Gasteiger partial charge in [-0.3, -0.25) is 4.68 Å². The summed E-state index contributed by atoms with van der Waals surface area (Å²) in [5, 5.41) is 15.6. The van der Waals surface area contributed by atoms with Crippen LogP contribution in [-0.2, 0) is 20.1 Å². The molecule has 28 heavy (non-hydrogen) atoms. The molecule has 1 aromatic carbocycles. The first kappa shape index (κ1) is 21.9. The number of aromatic nitrogens is 4. The number of hydrogen-bond donors (Lipinski definition) is 2. The monoisotopic (exact) mass is 493 g/mol. The molecule has 3 aromatic rings. The van der Waals surface area contributed by atoms with Gasteiger partial charge in [0.25, 0.3) is 0 Å². The van der Waals surface area contributed by atoms with Crippen molar-refractivity contribution in [3.05, 3.63) is 65.2 Å². The molecule has 0 aliphatic heterocycles. The molecule has 0 bridgehead atoms. The highest BCUT2D eigenvalue weighted by Gasteiger charge is 2.10. The molecule has 7 nitrogen and oxygen atoms in total. The van der Waals surface area contributed by atoms with E-state index in [4.69, 9.17) is 0 Å². The molecule has 2 heterocycles. The Hall–Kier alpha value is -2.36. The highest BCUT2D eigenvalue weighted by molar-refractivity contribution is 14.0. The molecule has 0 atom stereocenters. The van der Waals surface area contributed by atoms with E-state index >= 15 is 0 Å². The molecule has 8 heteroatoms. The third-order valence-electron chi connectivity index (χ3n) is 4.51. The number of nitrogens with zero attached hydrogens (tertiary/aromatic N) is 5. The molecule has 0 radical (unpaired) electrons. The predicted molar refractivity (Wildman–Crippen MR) is 123 cm³/mol. The standard InChI is InChI=1S/C20H27N7.HI/c1-5-21-20(23-13-19-15(2)25-26(4)16(19)3)22-11-17-12-24-27(14-17)18-9-7-6-8-10-18;/h6-10,12,14H,5,11,13H2,1-4H3,(H2,21,22,23);1H. The van der Waals surface area contributed by atoms with E-state index in [1.807, 2.05) is 66.1 Å². The normalized spacial score (nSPS) is 11.2. The molecular weight excluding hydrogens is 465 g/mol. The van der Waals surface area contributed by atoms with E-state index in [0.29, 0.717) is 13.1 Å². The first-order chi connectivity index (χ1) is 13.1. The molecule has 150 valence electrons. The van der Waals surface area contributed by atoms with Crippen LogP contribution in [-0.4, -0.2) is 32.1 Å². The van der Waals surface area contributed by atoms with Crippen molar-refractivity contribution < 1.29 is 0 Å². The first-order valence-corrected chi connectivity index (χ1v) is 9.18. The molecule has 2 N–H and O–H groups in total. The van der Waals surface area contributed by atoms with Gasteiger partial charge in [0.1, 0.15) is 0 Å². The number of benzene rings is 1. The van der Waals surface area contributed by atoms with Crippen LogP contribution in [0.3, 0.4) is 0 Å². The van der Waals surface area contributed by atoms with Crippen LogP contribution < -0.4 is 10.6 Å². The van der Waals surface area contributed by atoms with Crippen molar-refractivity contribution in [3.8, 4) is 5.69 Å². The van der Waals surface area contributed by atoms with Crippen molar-refractivity contribution >= 4 is 29.9 Å². The molecule has 0 aliphatic rings. The third kappa shape index (κ3) is 5.34. The lowest BCUT2D eigenvalue weighted by molar-refractivity contribution is 0.728. The number of halogens is 1. The van der Waals surface area contributed by atoms with Crippen molar-refractivity contribution in [2.75, 3.05) is 6.54 Å². The van der Waals surface area contributed by atoms with Crippen molar-refractivity contribution in [1.29, 1.82) is 0 Å². The maximum absolute atomic E-state index is 4.69. The molecule has 0 fully saturated rings. The molecule has 2 aromatic heterocycles. The predicted octanol–water partition coefficient (Wildman–Crippen LogP) is 3.10. The Bertz CT molecular complexity index is 912. The Balaban J connectivity index is 0.00000280. The summed E-state index contributed by atoms with van der Waals surface area (Å²) in [6.07, 6.45) is 3.87. The minimum Gasteiger partial charge on any atom is -0.357 e. The number of rotatable bonds is 6. The second-order valence-electron chi connectivity index (χ2n) is 6.45. The highest BCUT2D eigenvalue weighted by atomic mass is 127. The average molecular weight is 493 g/mol. The number of para-hydroxylation sites is 1. The van der Waals surface area contributed by atoms with Gasteiger partial charge in [-0.15, -0.1) is 24.0 Å². The Kier molecular flexibility index (Phi) is 8.04. The Morgan fingerprint density at radius 2 is 1.89 bits per heavy atom. The third-order valence-corrected chi connectivity index (χ3v) is 4.51. The Morgan fingerprint density at radius 1 is 1.14 bits per heavy atom. The lowest BCUT2D eigenvalue weighted by atomic mass is 10.2. The minimum atomic E-state index is 0. The summed E-state index contributed by atoms with van der Waals surface area (Å²) in [5.41, 5.74) is 5.52. The zero-order valence-corrected chi connectivity index (χ0v) is 19.1. The fourth-order valence-electron chi connectivity index (χ4n) is 2.92. The highest BCUT2D eigenvalue weighted by Crippen LogP contribution is 2.11. The summed E-state index contributed by atoms with van der Waals surface area (Å²) in [6, 6.07) is 10.1. The van der Waals surface area contributed by atoms with Gasteiger partial charge in [-0.05, 0) is 32.9 Å². The summed E-state index contributed by atoms with van der Waals surface area (Å²) in [7, 11) is 1.97. The smallest absolute Gasteiger partial charge is 0.191 e. The zero-order valence-electron chi connectivity index (χ0n) is 16.8. The van der Waals surface area contributed by atoms with Crippen molar-refractivity contribution in [3.63, 3.8) is 0 Å². The van der Waals surface area contributed by atoms with Crippen LogP contribution in [0.15, 0.2) is 47.7 Å². The van der Waals surface area contributed by atoms with E-state index < -0.39 is 0 Å². The van der Waals surface area contributed by atoms with Gasteiger partial charge < -0.3 is 10.6 Å². The van der Waals surface area contributed by atoms with E-state index in [2.05, 4.69) is 39.7 Å². The Labute approximate surface area is 183 Å². The van der Waals surface area contributed by atoms with E-state index in [1.54, 1.807) is 0 Å². The summed E-state index contributed by atoms with van der Waals surface area (Å²) in [4.78, 5) is 4.69. The maximum atomic E-state index is 4.69. The SMILES string of the molecule is CCNC(=NCc1cnn(-c2ccccc2)c1)NCc1c(C)nn(C)c1C.I. The van der Waals surface area contributed by atoms with Gasteiger partial charge >= 0.3 is 0 Å². The van der Waals surface area contributed by atoms with E-state index in [9.17, 15) is 0 Å². The summed E-state index contributed by atoms with van der Waals surface area (Å²) < 4.78 is 3.78. The zero-order chi connectivity index (χ0) is 19.2. The molecule has 0 aliphatic carbocycles. The quantitative estimate of drug-likeness (QED) is 0.315. The number of nitrogens with one attached hydrogen (secondary N) is 2. The molecule has 0 unspecified atom stereocenters. The van der Waals surface area contributed by atoms with Gasteiger partial charge in [0.2, 0.25) is 0 Å². The van der Waals surface area contributed by atoms with Gasteiger partial charge in [-0.2, -0.15) is 10.2 Å². The van der Waals surface area contributed by atoms with Gasteiger partial charge in [-0.25, -0.2) is 9.67 Å². The van der Waals surface area contributed by atoms with Crippen LogP contribution >= 0.6 is 24.0 Å². The first-order valence-electron chi connectivity index (χ1n) is 9.18. The van der Waals surface area contributed by atoms with E-state index in [0.717, 1.165) is 29.4 Å². The number of hydrogen-bond acceptors (Lipinski definition) is 3. The van der Waals surface area contributed by atoms with Crippen LogP contribution in [0, 0.1) is 13.8 Å². The molecule has 0 saturated carbocycles. The van der Waals surface area contributed by atoms with E-state index in [1.165, 1.54) is 11.3 Å². The fraction of sp³-hybridized carbons (Fsp3) is 0.350. The number of aryl methyl sites for hydroxylation is 2. The maximum Gasteiger partial charge on any atom is 0.191 e. The van der Waals surface area contributed by atoms with Gasteiger partial charge in [-0.1, -0.05) is 18.2 Å². The van der Waals surface area contributed by atoms with Crippen molar-refractivity contribution in [2.24, 2.45) is 12.0 Å². The largest absolute Gasteiger partial charge is 0.357 e. The topological polar surface area (TPSA) is 72.1 Å².